The zero-order valence-corrected chi connectivity index (χ0v) is 16.9. The number of carbonyl (C=O) groups is 1. The molecule has 1 amide bonds. The van der Waals surface area contributed by atoms with Crippen molar-refractivity contribution in [3.8, 4) is 10.6 Å². The predicted molar refractivity (Wildman–Crippen MR) is 119 cm³/mol. The lowest BCUT2D eigenvalue weighted by Crippen LogP contribution is -2.09. The first-order chi connectivity index (χ1) is 13.6. The number of hydrogen-bond acceptors (Lipinski definition) is 3. The minimum Gasteiger partial charge on any atom is -0.321 e. The molecule has 138 valence electrons. The SMILES string of the molecule is O=C(C=Cc1ccccc1)Nc1c(Cl)cc(Cl)cc1-c1nc2ccccc2s1. The first-order valence-electron chi connectivity index (χ1n) is 8.49. The molecule has 1 heterocycles. The van der Waals surface area contributed by atoms with E-state index in [9.17, 15) is 4.79 Å². The summed E-state index contributed by atoms with van der Waals surface area (Å²) >= 11 is 14.1. The number of hydrogen-bond donors (Lipinski definition) is 1. The summed E-state index contributed by atoms with van der Waals surface area (Å²) in [6.07, 6.45) is 3.22. The van der Waals surface area contributed by atoms with Gasteiger partial charge in [0.2, 0.25) is 5.91 Å². The second-order valence-electron chi connectivity index (χ2n) is 6.03. The summed E-state index contributed by atoms with van der Waals surface area (Å²) in [5, 5.41) is 4.46. The molecule has 3 nitrogen and oxygen atoms in total. The van der Waals surface area contributed by atoms with Crippen molar-refractivity contribution in [1.29, 1.82) is 0 Å². The zero-order valence-electron chi connectivity index (χ0n) is 14.5. The van der Waals surface area contributed by atoms with Gasteiger partial charge in [-0.2, -0.15) is 0 Å². The third-order valence-corrected chi connectivity index (χ3v) is 5.64. The quantitative estimate of drug-likeness (QED) is 0.361. The molecule has 0 saturated heterocycles. The second-order valence-corrected chi connectivity index (χ2v) is 7.90. The normalized spacial score (nSPS) is 11.2. The van der Waals surface area contributed by atoms with Crippen LogP contribution in [0.1, 0.15) is 5.56 Å². The number of anilines is 1. The number of carbonyl (C=O) groups excluding carboxylic acids is 1. The number of halogens is 2. The molecule has 1 N–H and O–H groups in total. The van der Waals surface area contributed by atoms with Crippen molar-refractivity contribution in [2.24, 2.45) is 0 Å². The van der Waals surface area contributed by atoms with E-state index in [1.54, 1.807) is 18.2 Å². The van der Waals surface area contributed by atoms with E-state index in [1.807, 2.05) is 54.6 Å². The Morgan fingerprint density at radius 3 is 2.54 bits per heavy atom. The number of fused-ring (bicyclic) bond motifs is 1. The van der Waals surface area contributed by atoms with Gasteiger partial charge in [-0.15, -0.1) is 11.3 Å². The Kier molecular flexibility index (Phi) is 5.44. The van der Waals surface area contributed by atoms with E-state index in [0.717, 1.165) is 20.8 Å². The van der Waals surface area contributed by atoms with Gasteiger partial charge in [-0.05, 0) is 35.9 Å². The van der Waals surface area contributed by atoms with Crippen LogP contribution in [-0.4, -0.2) is 10.9 Å². The number of aromatic nitrogens is 1. The Labute approximate surface area is 176 Å². The molecular formula is C22H14Cl2N2OS. The Bertz CT molecular complexity index is 1150. The van der Waals surface area contributed by atoms with E-state index in [0.29, 0.717) is 21.3 Å². The molecule has 0 spiro atoms. The fourth-order valence-corrected chi connectivity index (χ4v) is 4.29. The number of benzene rings is 3. The molecule has 28 heavy (non-hydrogen) atoms. The monoisotopic (exact) mass is 424 g/mol. The van der Waals surface area contributed by atoms with Crippen LogP contribution in [0.2, 0.25) is 10.0 Å². The standard InChI is InChI=1S/C22H14Cl2N2OS/c23-15-12-16(22-25-18-8-4-5-9-19(18)28-22)21(17(24)13-15)26-20(27)11-10-14-6-2-1-3-7-14/h1-13H,(H,26,27). The second kappa shape index (κ2) is 8.15. The molecule has 4 aromatic rings. The lowest BCUT2D eigenvalue weighted by Gasteiger charge is -2.11. The van der Waals surface area contributed by atoms with Gasteiger partial charge in [0.05, 0.1) is 20.9 Å². The number of amides is 1. The fraction of sp³-hybridized carbons (Fsp3) is 0. The molecule has 4 rings (SSSR count). The first kappa shape index (κ1) is 18.7. The maximum absolute atomic E-state index is 12.5. The van der Waals surface area contributed by atoms with Gasteiger partial charge in [-0.3, -0.25) is 4.79 Å². The lowest BCUT2D eigenvalue weighted by molar-refractivity contribution is -0.111. The van der Waals surface area contributed by atoms with E-state index >= 15 is 0 Å². The molecule has 0 atom stereocenters. The number of rotatable bonds is 4. The van der Waals surface area contributed by atoms with E-state index in [1.165, 1.54) is 17.4 Å². The molecule has 0 aliphatic heterocycles. The van der Waals surface area contributed by atoms with Crippen LogP contribution in [-0.2, 0) is 4.79 Å². The zero-order chi connectivity index (χ0) is 19.5. The third kappa shape index (κ3) is 4.09. The summed E-state index contributed by atoms with van der Waals surface area (Å²) in [6.45, 7) is 0. The van der Waals surface area contributed by atoms with E-state index in [2.05, 4.69) is 10.3 Å². The fourth-order valence-electron chi connectivity index (χ4n) is 2.76. The van der Waals surface area contributed by atoms with E-state index in [-0.39, 0.29) is 5.91 Å². The smallest absolute Gasteiger partial charge is 0.248 e. The van der Waals surface area contributed by atoms with Gasteiger partial charge in [0.25, 0.3) is 0 Å². The summed E-state index contributed by atoms with van der Waals surface area (Å²) in [7, 11) is 0. The maximum atomic E-state index is 12.5. The van der Waals surface area contributed by atoms with Crippen LogP contribution in [0.15, 0.2) is 72.8 Å². The van der Waals surface area contributed by atoms with Crippen molar-refractivity contribution < 1.29 is 4.79 Å². The topological polar surface area (TPSA) is 42.0 Å². The number of nitrogens with zero attached hydrogens (tertiary/aromatic N) is 1. The van der Waals surface area contributed by atoms with Crippen LogP contribution in [0.25, 0.3) is 26.9 Å². The molecule has 0 saturated carbocycles. The van der Waals surface area contributed by atoms with Crippen molar-refractivity contribution in [2.75, 3.05) is 5.32 Å². The number of thiazole rings is 1. The Morgan fingerprint density at radius 1 is 1.00 bits per heavy atom. The average Bonchev–Trinajstić information content (AvgIpc) is 3.13. The van der Waals surface area contributed by atoms with E-state index in [4.69, 9.17) is 23.2 Å². The highest BCUT2D eigenvalue weighted by atomic mass is 35.5. The van der Waals surface area contributed by atoms with Gasteiger partial charge in [0.1, 0.15) is 5.01 Å². The molecule has 0 unspecified atom stereocenters. The van der Waals surface area contributed by atoms with Crippen LogP contribution in [0, 0.1) is 0 Å². The summed E-state index contributed by atoms with van der Waals surface area (Å²) in [4.78, 5) is 17.1. The summed E-state index contributed by atoms with van der Waals surface area (Å²) < 4.78 is 1.05. The Hall–Kier alpha value is -2.66. The Balaban J connectivity index is 1.68. The highest BCUT2D eigenvalue weighted by molar-refractivity contribution is 7.21. The van der Waals surface area contributed by atoms with Crippen LogP contribution >= 0.6 is 34.5 Å². The molecule has 1 aromatic heterocycles. The highest BCUT2D eigenvalue weighted by Gasteiger charge is 2.16. The van der Waals surface area contributed by atoms with Crippen LogP contribution in [0.4, 0.5) is 5.69 Å². The molecule has 0 aliphatic carbocycles. The molecule has 0 bridgehead atoms. The van der Waals surface area contributed by atoms with Gasteiger partial charge < -0.3 is 5.32 Å². The average molecular weight is 425 g/mol. The molecule has 3 aromatic carbocycles. The summed E-state index contributed by atoms with van der Waals surface area (Å²) in [5.41, 5.74) is 3.01. The molecule has 6 heteroatoms. The van der Waals surface area contributed by atoms with Crippen molar-refractivity contribution in [2.45, 2.75) is 0 Å². The highest BCUT2D eigenvalue weighted by Crippen LogP contribution is 2.40. The van der Waals surface area contributed by atoms with Crippen LogP contribution < -0.4 is 5.32 Å². The van der Waals surface area contributed by atoms with Crippen molar-refractivity contribution in [1.82, 2.24) is 4.98 Å². The van der Waals surface area contributed by atoms with Crippen LogP contribution in [0.3, 0.4) is 0 Å². The molecule has 0 fully saturated rings. The van der Waals surface area contributed by atoms with Gasteiger partial charge in [-0.1, -0.05) is 65.7 Å². The molecule has 0 radical (unpaired) electrons. The van der Waals surface area contributed by atoms with Crippen molar-refractivity contribution in [3.05, 3.63) is 88.4 Å². The maximum Gasteiger partial charge on any atom is 0.248 e. The Morgan fingerprint density at radius 2 is 1.75 bits per heavy atom. The predicted octanol–water partition coefficient (Wildman–Crippen LogP) is 6.92. The largest absolute Gasteiger partial charge is 0.321 e. The number of para-hydroxylation sites is 1. The number of nitrogens with one attached hydrogen (secondary N) is 1. The lowest BCUT2D eigenvalue weighted by atomic mass is 10.1. The van der Waals surface area contributed by atoms with Crippen LogP contribution in [0.5, 0.6) is 0 Å². The van der Waals surface area contributed by atoms with Crippen molar-refractivity contribution in [3.63, 3.8) is 0 Å². The van der Waals surface area contributed by atoms with Gasteiger partial charge in [0, 0.05) is 16.7 Å². The summed E-state index contributed by atoms with van der Waals surface area (Å²) in [5.74, 6) is -0.282. The minimum atomic E-state index is -0.282. The van der Waals surface area contributed by atoms with Gasteiger partial charge in [-0.25, -0.2) is 4.98 Å². The molecule has 0 aliphatic rings. The summed E-state index contributed by atoms with van der Waals surface area (Å²) in [6, 6.07) is 20.8. The van der Waals surface area contributed by atoms with Gasteiger partial charge in [0.15, 0.2) is 0 Å². The molecular weight excluding hydrogens is 411 g/mol. The van der Waals surface area contributed by atoms with E-state index < -0.39 is 0 Å². The third-order valence-electron chi connectivity index (χ3n) is 4.05. The van der Waals surface area contributed by atoms with Crippen molar-refractivity contribution >= 4 is 62.4 Å². The minimum absolute atomic E-state index is 0.282. The van der Waals surface area contributed by atoms with Gasteiger partial charge >= 0.3 is 0 Å². The first-order valence-corrected chi connectivity index (χ1v) is 10.1.